The summed E-state index contributed by atoms with van der Waals surface area (Å²) in [6, 6.07) is 41.3. The van der Waals surface area contributed by atoms with Gasteiger partial charge in [-0.05, 0) is 0 Å². The van der Waals surface area contributed by atoms with E-state index < -0.39 is 0 Å². The maximum Gasteiger partial charge on any atom is 2.00 e. The van der Waals surface area contributed by atoms with Crippen LogP contribution >= 0.6 is 0 Å². The zero-order valence-electron chi connectivity index (χ0n) is 21.8. The summed E-state index contributed by atoms with van der Waals surface area (Å²) in [6.07, 6.45) is 27.3. The van der Waals surface area contributed by atoms with Crippen LogP contribution in [0.3, 0.4) is 0 Å². The van der Waals surface area contributed by atoms with Crippen molar-refractivity contribution in [1.82, 2.24) is 0 Å². The first-order valence-electron chi connectivity index (χ1n) is 12.7. The fraction of sp³-hybridized carbons (Fsp3) is 0. The average molecular weight is 535 g/mol. The third kappa shape index (κ3) is 10.4. The summed E-state index contributed by atoms with van der Waals surface area (Å²) >= 11 is 0. The second-order valence-corrected chi connectivity index (χ2v) is 8.39. The minimum atomic E-state index is 0. The van der Waals surface area contributed by atoms with Crippen molar-refractivity contribution in [3.8, 4) is 0 Å². The van der Waals surface area contributed by atoms with Gasteiger partial charge < -0.3 is 0 Å². The Morgan fingerprint density at radius 2 is 0.615 bits per heavy atom. The molecular formula is C38H30Ti. The van der Waals surface area contributed by atoms with Gasteiger partial charge in [0.1, 0.15) is 0 Å². The van der Waals surface area contributed by atoms with Gasteiger partial charge in [-0.2, -0.15) is 23.3 Å². The van der Waals surface area contributed by atoms with Crippen LogP contribution < -0.4 is 0 Å². The maximum absolute atomic E-state index is 3.63. The second-order valence-electron chi connectivity index (χ2n) is 8.39. The van der Waals surface area contributed by atoms with E-state index in [0.29, 0.717) is 0 Å². The van der Waals surface area contributed by atoms with Crippen LogP contribution in [0, 0.1) is 25.0 Å². The van der Waals surface area contributed by atoms with Crippen molar-refractivity contribution < 1.29 is 21.7 Å². The van der Waals surface area contributed by atoms with Gasteiger partial charge in [-0.15, -0.1) is 46.5 Å². The van der Waals surface area contributed by atoms with Crippen LogP contribution in [0.2, 0.25) is 0 Å². The molecule has 0 heterocycles. The molecule has 0 N–H and O–H groups in total. The molecular weight excluding hydrogens is 504 g/mol. The molecule has 2 aliphatic carbocycles. The van der Waals surface area contributed by atoms with Crippen molar-refractivity contribution in [2.24, 2.45) is 0 Å². The normalized spacial score (nSPS) is 13.1. The molecule has 2 aliphatic rings. The molecule has 0 atom stereocenters. The Balaban J connectivity index is 0.000000319. The van der Waals surface area contributed by atoms with Gasteiger partial charge in [-0.3, -0.25) is 0 Å². The van der Waals surface area contributed by atoms with Crippen molar-refractivity contribution in [1.29, 1.82) is 0 Å². The van der Waals surface area contributed by atoms with Gasteiger partial charge in [0, 0.05) is 12.8 Å². The molecule has 0 aromatic heterocycles. The van der Waals surface area contributed by atoms with Gasteiger partial charge in [0.2, 0.25) is 0 Å². The average Bonchev–Trinajstić information content (AvgIpc) is 3.77. The largest absolute Gasteiger partial charge is 2.00 e. The summed E-state index contributed by atoms with van der Waals surface area (Å²) in [4.78, 5) is 0. The number of rotatable bonds is 5. The molecule has 2 radical (unpaired) electrons. The second kappa shape index (κ2) is 17.5. The molecule has 0 fully saturated rings. The number of hydrogen-bond acceptors (Lipinski definition) is 0. The Morgan fingerprint density at radius 3 is 0.872 bits per heavy atom. The molecule has 0 saturated carbocycles. The summed E-state index contributed by atoms with van der Waals surface area (Å²) in [5, 5.41) is 0. The third-order valence-electron chi connectivity index (χ3n) is 5.57. The molecule has 0 saturated heterocycles. The summed E-state index contributed by atoms with van der Waals surface area (Å²) in [5.41, 5.74) is 6.39. The van der Waals surface area contributed by atoms with Gasteiger partial charge in [-0.1, -0.05) is 146 Å². The quantitative estimate of drug-likeness (QED) is 0.104. The molecule has 186 valence electrons. The van der Waals surface area contributed by atoms with Gasteiger partial charge >= 0.3 is 21.7 Å². The van der Waals surface area contributed by atoms with Gasteiger partial charge in [0.25, 0.3) is 0 Å². The number of hydrogen-bond donors (Lipinski definition) is 0. The van der Waals surface area contributed by atoms with Crippen LogP contribution in [0.1, 0.15) is 22.3 Å². The van der Waals surface area contributed by atoms with Crippen LogP contribution in [0.25, 0.3) is 11.1 Å². The molecule has 39 heavy (non-hydrogen) atoms. The minimum absolute atomic E-state index is 0. The first-order valence-corrected chi connectivity index (χ1v) is 12.7. The molecule has 0 spiro atoms. The van der Waals surface area contributed by atoms with Crippen molar-refractivity contribution in [3.63, 3.8) is 0 Å². The molecule has 0 nitrogen and oxygen atoms in total. The molecule has 4 aromatic rings. The Labute approximate surface area is 249 Å². The Hall–Kier alpha value is -3.97. The summed E-state index contributed by atoms with van der Waals surface area (Å²) in [5.74, 6) is 0. The Bertz CT molecular complexity index is 1270. The predicted octanol–water partition coefficient (Wildman–Crippen LogP) is 9.49. The van der Waals surface area contributed by atoms with E-state index in [4.69, 9.17) is 0 Å². The maximum atomic E-state index is 3.63. The third-order valence-corrected chi connectivity index (χ3v) is 5.57. The van der Waals surface area contributed by atoms with E-state index in [1.54, 1.807) is 0 Å². The number of allylic oxidation sites excluding steroid dienone is 10. The fourth-order valence-corrected chi connectivity index (χ4v) is 3.74. The molecule has 0 amide bonds. The Morgan fingerprint density at radius 1 is 0.333 bits per heavy atom. The van der Waals surface area contributed by atoms with Gasteiger partial charge in [0.15, 0.2) is 0 Å². The molecule has 6 rings (SSSR count). The monoisotopic (exact) mass is 534 g/mol. The van der Waals surface area contributed by atoms with Gasteiger partial charge in [0.05, 0.1) is 0 Å². The topological polar surface area (TPSA) is 0 Å². The summed E-state index contributed by atoms with van der Waals surface area (Å²) in [6.45, 7) is 0. The predicted molar refractivity (Wildman–Crippen MR) is 162 cm³/mol. The van der Waals surface area contributed by atoms with Crippen LogP contribution in [0.15, 0.2) is 170 Å². The molecule has 1 heteroatoms. The van der Waals surface area contributed by atoms with Crippen LogP contribution in [-0.4, -0.2) is 0 Å². The fourth-order valence-electron chi connectivity index (χ4n) is 3.74. The van der Waals surface area contributed by atoms with E-state index in [0.717, 1.165) is 33.4 Å². The van der Waals surface area contributed by atoms with Crippen LogP contribution in [-0.2, 0) is 21.7 Å². The van der Waals surface area contributed by atoms with Gasteiger partial charge in [-0.25, -0.2) is 0 Å². The molecule has 4 aromatic carbocycles. The SMILES string of the molecule is [C-](=C(C(=[C-]c1ccccc1)c1ccccc1)c1ccccc1)c1ccccc1.[CH]1C=CC=C1.[CH]1C=CC=C1.[Ti+2]. The first-order chi connectivity index (χ1) is 18.9. The van der Waals surface area contributed by atoms with E-state index in [-0.39, 0.29) is 21.7 Å². The Kier molecular flexibility index (Phi) is 13.3. The van der Waals surface area contributed by atoms with Crippen LogP contribution in [0.4, 0.5) is 0 Å². The molecule has 0 unspecified atom stereocenters. The van der Waals surface area contributed by atoms with Crippen molar-refractivity contribution in [3.05, 3.63) is 217 Å². The standard InChI is InChI=1S/C28H20.2C5H5.Ti/c1-5-13-23(14-6-1)21-27(25-17-9-3-10-18-25)28(26-19-11-4-12-20-26)22-24-15-7-2-8-16-24;2*1-2-4-5-3-1;/h1-20H;2*1-5H;/q-2;;;+2. The van der Waals surface area contributed by atoms with Crippen molar-refractivity contribution in [2.75, 3.05) is 0 Å². The molecule has 0 bridgehead atoms. The molecule has 0 aliphatic heterocycles. The van der Waals surface area contributed by atoms with E-state index >= 15 is 0 Å². The van der Waals surface area contributed by atoms with Crippen molar-refractivity contribution >= 4 is 11.1 Å². The van der Waals surface area contributed by atoms with E-state index in [2.05, 4.69) is 84.9 Å². The summed E-state index contributed by atoms with van der Waals surface area (Å²) in [7, 11) is 0. The number of benzene rings is 4. The zero-order chi connectivity index (χ0) is 26.1. The van der Waals surface area contributed by atoms with Crippen LogP contribution in [0.5, 0.6) is 0 Å². The summed E-state index contributed by atoms with van der Waals surface area (Å²) < 4.78 is 0. The van der Waals surface area contributed by atoms with Crippen molar-refractivity contribution in [2.45, 2.75) is 0 Å². The minimum Gasteiger partial charge on any atom is -0.174 e. The van der Waals surface area contributed by atoms with E-state index in [9.17, 15) is 0 Å². The smallest absolute Gasteiger partial charge is 0.174 e. The van der Waals surface area contributed by atoms with E-state index in [1.807, 2.05) is 110 Å². The van der Waals surface area contributed by atoms with E-state index in [1.165, 1.54) is 0 Å². The first kappa shape index (κ1) is 29.6. The zero-order valence-corrected chi connectivity index (χ0v) is 23.4.